The van der Waals surface area contributed by atoms with Crippen molar-refractivity contribution in [3.63, 3.8) is 0 Å². The predicted octanol–water partition coefficient (Wildman–Crippen LogP) is 2.66. The molecule has 0 amide bonds. The van der Waals surface area contributed by atoms with Crippen molar-refractivity contribution < 1.29 is 17.9 Å². The highest BCUT2D eigenvalue weighted by Crippen LogP contribution is 2.21. The fourth-order valence-corrected chi connectivity index (χ4v) is 1.88. The van der Waals surface area contributed by atoms with Gasteiger partial charge in [-0.3, -0.25) is 0 Å². The van der Waals surface area contributed by atoms with Crippen LogP contribution in [0.3, 0.4) is 0 Å². The van der Waals surface area contributed by atoms with Crippen LogP contribution in [0.25, 0.3) is 0 Å². The van der Waals surface area contributed by atoms with Gasteiger partial charge in [-0.2, -0.15) is 13.2 Å². The molecule has 0 aliphatic carbocycles. The molecule has 0 aromatic heterocycles. The summed E-state index contributed by atoms with van der Waals surface area (Å²) in [4.78, 5) is 1.84. The molecule has 1 aliphatic heterocycles. The van der Waals surface area contributed by atoms with Gasteiger partial charge in [-0.05, 0) is 12.8 Å². The van der Waals surface area contributed by atoms with E-state index in [1.807, 2.05) is 4.90 Å². The summed E-state index contributed by atoms with van der Waals surface area (Å²) in [6, 6.07) is 0. The molecule has 0 unspecified atom stereocenters. The Balaban J connectivity index is 2.12. The molecule has 1 fully saturated rings. The van der Waals surface area contributed by atoms with E-state index in [2.05, 4.69) is 0 Å². The number of rotatable bonds is 5. The lowest BCUT2D eigenvalue weighted by molar-refractivity contribution is -0.139. The van der Waals surface area contributed by atoms with Crippen molar-refractivity contribution in [1.82, 2.24) is 4.90 Å². The average molecular weight is 260 g/mol. The number of piperidine rings is 1. The van der Waals surface area contributed by atoms with E-state index in [0.717, 1.165) is 12.8 Å². The molecule has 0 bridgehead atoms. The standard InChI is InChI=1S/C10H17ClF3NO/c11-4-8-16-9-1-5-15(6-2-9)7-3-10(12,13)14/h9H,1-8H2. The Morgan fingerprint density at radius 1 is 1.25 bits per heavy atom. The Morgan fingerprint density at radius 2 is 1.88 bits per heavy atom. The van der Waals surface area contributed by atoms with Gasteiger partial charge in [0, 0.05) is 25.5 Å². The van der Waals surface area contributed by atoms with Crippen LogP contribution in [0, 0.1) is 0 Å². The summed E-state index contributed by atoms with van der Waals surface area (Å²) in [5.41, 5.74) is 0. The van der Waals surface area contributed by atoms with Gasteiger partial charge in [-0.25, -0.2) is 0 Å². The third-order valence-corrected chi connectivity index (χ3v) is 2.83. The van der Waals surface area contributed by atoms with E-state index in [0.29, 0.717) is 25.6 Å². The molecule has 1 saturated heterocycles. The van der Waals surface area contributed by atoms with Crippen molar-refractivity contribution >= 4 is 11.6 Å². The zero-order valence-electron chi connectivity index (χ0n) is 9.10. The summed E-state index contributed by atoms with van der Waals surface area (Å²) in [7, 11) is 0. The van der Waals surface area contributed by atoms with E-state index in [4.69, 9.17) is 16.3 Å². The number of hydrogen-bond donors (Lipinski definition) is 0. The molecule has 6 heteroatoms. The fraction of sp³-hybridized carbons (Fsp3) is 1.00. The van der Waals surface area contributed by atoms with Crippen molar-refractivity contribution in [3.8, 4) is 0 Å². The maximum atomic E-state index is 12.0. The van der Waals surface area contributed by atoms with Gasteiger partial charge in [0.1, 0.15) is 0 Å². The van der Waals surface area contributed by atoms with Crippen LogP contribution in [0.5, 0.6) is 0 Å². The maximum Gasteiger partial charge on any atom is 0.390 e. The Bertz CT molecular complexity index is 193. The molecule has 0 aromatic carbocycles. The van der Waals surface area contributed by atoms with E-state index >= 15 is 0 Å². The quantitative estimate of drug-likeness (QED) is 0.704. The van der Waals surface area contributed by atoms with Gasteiger partial charge in [0.25, 0.3) is 0 Å². The van der Waals surface area contributed by atoms with Gasteiger partial charge in [0.2, 0.25) is 0 Å². The molecule has 0 radical (unpaired) electrons. The van der Waals surface area contributed by atoms with Crippen LogP contribution in [0.4, 0.5) is 13.2 Å². The van der Waals surface area contributed by atoms with Crippen LogP contribution in [-0.2, 0) is 4.74 Å². The van der Waals surface area contributed by atoms with E-state index in [1.54, 1.807) is 0 Å². The first-order valence-electron chi connectivity index (χ1n) is 5.48. The van der Waals surface area contributed by atoms with Gasteiger partial charge in [0.05, 0.1) is 19.1 Å². The summed E-state index contributed by atoms with van der Waals surface area (Å²) < 4.78 is 41.4. The van der Waals surface area contributed by atoms with Gasteiger partial charge in [-0.1, -0.05) is 0 Å². The minimum atomic E-state index is -4.05. The second-order valence-electron chi connectivity index (χ2n) is 3.97. The van der Waals surface area contributed by atoms with Gasteiger partial charge < -0.3 is 9.64 Å². The highest BCUT2D eigenvalue weighted by Gasteiger charge is 2.29. The Kier molecular flexibility index (Phi) is 5.86. The van der Waals surface area contributed by atoms with Gasteiger partial charge in [-0.15, -0.1) is 11.6 Å². The summed E-state index contributed by atoms with van der Waals surface area (Å²) in [5.74, 6) is 0.467. The molecule has 1 aliphatic rings. The minimum Gasteiger partial charge on any atom is -0.377 e. The molecule has 2 nitrogen and oxygen atoms in total. The largest absolute Gasteiger partial charge is 0.390 e. The normalized spacial score (nSPS) is 20.2. The fourth-order valence-electron chi connectivity index (χ4n) is 1.80. The zero-order valence-corrected chi connectivity index (χ0v) is 9.86. The van der Waals surface area contributed by atoms with Crippen LogP contribution in [0.2, 0.25) is 0 Å². The first-order chi connectivity index (χ1) is 7.51. The van der Waals surface area contributed by atoms with Crippen molar-refractivity contribution in [1.29, 1.82) is 0 Å². The van der Waals surface area contributed by atoms with E-state index < -0.39 is 12.6 Å². The summed E-state index contributed by atoms with van der Waals surface area (Å²) >= 11 is 5.49. The lowest BCUT2D eigenvalue weighted by Gasteiger charge is -2.31. The van der Waals surface area contributed by atoms with Crippen molar-refractivity contribution in [2.75, 3.05) is 32.1 Å². The SMILES string of the molecule is FC(F)(F)CCN1CCC(OCCCl)CC1. The highest BCUT2D eigenvalue weighted by atomic mass is 35.5. The molecule has 96 valence electrons. The molecule has 0 N–H and O–H groups in total. The average Bonchev–Trinajstić information content (AvgIpc) is 2.24. The van der Waals surface area contributed by atoms with E-state index in [9.17, 15) is 13.2 Å². The van der Waals surface area contributed by atoms with E-state index in [1.165, 1.54) is 0 Å². The predicted molar refractivity (Wildman–Crippen MR) is 56.8 cm³/mol. The van der Waals surface area contributed by atoms with E-state index in [-0.39, 0.29) is 12.6 Å². The number of halogens is 4. The molecule has 16 heavy (non-hydrogen) atoms. The second-order valence-corrected chi connectivity index (χ2v) is 4.34. The van der Waals surface area contributed by atoms with Crippen LogP contribution >= 0.6 is 11.6 Å². The van der Waals surface area contributed by atoms with Crippen molar-refractivity contribution in [3.05, 3.63) is 0 Å². The Morgan fingerprint density at radius 3 is 2.38 bits per heavy atom. The number of likely N-dealkylation sites (tertiary alicyclic amines) is 1. The van der Waals surface area contributed by atoms with Crippen LogP contribution in [-0.4, -0.2) is 49.3 Å². The van der Waals surface area contributed by atoms with Gasteiger partial charge in [0.15, 0.2) is 0 Å². The smallest absolute Gasteiger partial charge is 0.377 e. The van der Waals surface area contributed by atoms with Crippen LogP contribution in [0.1, 0.15) is 19.3 Å². The lowest BCUT2D eigenvalue weighted by atomic mass is 10.1. The molecular weight excluding hydrogens is 243 g/mol. The Labute approximate surface area is 98.7 Å². The first-order valence-corrected chi connectivity index (χ1v) is 6.01. The first kappa shape index (κ1) is 14.1. The summed E-state index contributed by atoms with van der Waals surface area (Å²) in [6.45, 7) is 1.99. The lowest BCUT2D eigenvalue weighted by Crippen LogP contribution is -2.38. The third-order valence-electron chi connectivity index (χ3n) is 2.68. The van der Waals surface area contributed by atoms with Crippen LogP contribution in [0.15, 0.2) is 0 Å². The summed E-state index contributed by atoms with van der Waals surface area (Å²) in [5, 5.41) is 0. The third kappa shape index (κ3) is 5.92. The van der Waals surface area contributed by atoms with Gasteiger partial charge >= 0.3 is 6.18 Å². The molecule has 1 heterocycles. The number of ether oxygens (including phenoxy) is 1. The molecule has 0 saturated carbocycles. The van der Waals surface area contributed by atoms with Crippen LogP contribution < -0.4 is 0 Å². The highest BCUT2D eigenvalue weighted by molar-refractivity contribution is 6.17. The maximum absolute atomic E-state index is 12.0. The molecule has 1 rings (SSSR count). The molecule has 0 atom stereocenters. The number of nitrogens with zero attached hydrogens (tertiary/aromatic N) is 1. The molecular formula is C10H17ClF3NO. The minimum absolute atomic E-state index is 0.103. The second kappa shape index (κ2) is 6.67. The summed E-state index contributed by atoms with van der Waals surface area (Å²) in [6.07, 6.45) is -3.00. The topological polar surface area (TPSA) is 12.5 Å². The Hall–Kier alpha value is 0. The van der Waals surface area contributed by atoms with Crippen molar-refractivity contribution in [2.24, 2.45) is 0 Å². The molecule has 0 spiro atoms. The monoisotopic (exact) mass is 259 g/mol. The number of alkyl halides is 4. The number of hydrogen-bond acceptors (Lipinski definition) is 2. The van der Waals surface area contributed by atoms with Crippen molar-refractivity contribution in [2.45, 2.75) is 31.5 Å². The molecule has 0 aromatic rings. The zero-order chi connectivity index (χ0) is 12.0.